The van der Waals surface area contributed by atoms with Crippen LogP contribution in [-0.2, 0) is 6.54 Å². The average Bonchev–Trinajstić information content (AvgIpc) is 3.39. The monoisotopic (exact) mass is 492 g/mol. The lowest BCUT2D eigenvalue weighted by molar-refractivity contribution is 0.447. The van der Waals surface area contributed by atoms with Crippen molar-refractivity contribution < 1.29 is 9.13 Å². The molecule has 166 valence electrons. The topological polar surface area (TPSA) is 90.9 Å². The highest BCUT2D eigenvalue weighted by Gasteiger charge is 2.13. The number of ether oxygens (including phenoxy) is 1. The van der Waals surface area contributed by atoms with Gasteiger partial charge >= 0.3 is 0 Å². The van der Waals surface area contributed by atoms with Crippen molar-refractivity contribution in [1.82, 2.24) is 18.9 Å². The van der Waals surface area contributed by atoms with Gasteiger partial charge in [0.2, 0.25) is 0 Å². The van der Waals surface area contributed by atoms with Crippen molar-refractivity contribution in [2.24, 2.45) is 5.73 Å². The fourth-order valence-electron chi connectivity index (χ4n) is 3.32. The van der Waals surface area contributed by atoms with Gasteiger partial charge in [-0.1, -0.05) is 6.07 Å². The molecule has 32 heavy (non-hydrogen) atoms. The summed E-state index contributed by atoms with van der Waals surface area (Å²) in [6, 6.07) is 12.2. The maximum Gasteiger partial charge on any atom is 0.167 e. The van der Waals surface area contributed by atoms with Crippen LogP contribution in [-0.4, -0.2) is 25.5 Å². The second-order valence-electron chi connectivity index (χ2n) is 6.62. The van der Waals surface area contributed by atoms with Gasteiger partial charge in [0.25, 0.3) is 0 Å². The van der Waals surface area contributed by atoms with E-state index < -0.39 is 5.82 Å². The second-order valence-corrected chi connectivity index (χ2v) is 7.45. The van der Waals surface area contributed by atoms with Crippen molar-refractivity contribution in [3.63, 3.8) is 0 Å². The number of nitrogens with zero attached hydrogens (tertiary/aromatic N) is 4. The van der Waals surface area contributed by atoms with E-state index in [4.69, 9.17) is 10.5 Å². The number of rotatable bonds is 6. The number of anilines is 2. The molecule has 3 aromatic heterocycles. The number of aromatic nitrogens is 4. The molecule has 0 saturated carbocycles. The number of hydrogen-bond acceptors (Lipinski definition) is 7. The first-order valence-electron chi connectivity index (χ1n) is 9.30. The molecule has 0 aliphatic heterocycles. The van der Waals surface area contributed by atoms with Gasteiger partial charge in [0, 0.05) is 31.0 Å². The van der Waals surface area contributed by atoms with Crippen molar-refractivity contribution in [3.8, 4) is 11.5 Å². The van der Waals surface area contributed by atoms with E-state index >= 15 is 0 Å². The Kier molecular flexibility index (Phi) is 7.47. The third kappa shape index (κ3) is 4.46. The summed E-state index contributed by atoms with van der Waals surface area (Å²) in [6.45, 7) is 1.13. The lowest BCUT2D eigenvalue weighted by Gasteiger charge is -2.12. The molecule has 0 spiro atoms. The summed E-state index contributed by atoms with van der Waals surface area (Å²) in [5, 5.41) is 4.03. The van der Waals surface area contributed by atoms with Crippen molar-refractivity contribution in [1.29, 1.82) is 0 Å². The maximum absolute atomic E-state index is 14.8. The van der Waals surface area contributed by atoms with Crippen molar-refractivity contribution in [3.05, 3.63) is 67.0 Å². The van der Waals surface area contributed by atoms with Crippen LogP contribution >= 0.6 is 36.3 Å². The molecular weight excluding hydrogens is 474 g/mol. The predicted molar refractivity (Wildman–Crippen MR) is 130 cm³/mol. The van der Waals surface area contributed by atoms with Crippen LogP contribution in [0.5, 0.6) is 11.5 Å². The molecule has 2 aromatic carbocycles. The largest absolute Gasteiger partial charge is 0.454 e. The van der Waals surface area contributed by atoms with Crippen molar-refractivity contribution >= 4 is 69.0 Å². The molecule has 7 nitrogen and oxygen atoms in total. The van der Waals surface area contributed by atoms with Gasteiger partial charge in [-0.3, -0.25) is 0 Å². The van der Waals surface area contributed by atoms with Gasteiger partial charge in [-0.15, -0.1) is 24.8 Å². The maximum atomic E-state index is 14.8. The first kappa shape index (κ1) is 23.7. The number of fused-ring (bicyclic) bond motifs is 2. The van der Waals surface area contributed by atoms with Crippen molar-refractivity contribution in [2.75, 3.05) is 11.9 Å². The molecule has 11 heteroatoms. The van der Waals surface area contributed by atoms with Crippen LogP contribution in [0.15, 0.2) is 61.2 Å². The van der Waals surface area contributed by atoms with E-state index in [0.29, 0.717) is 30.3 Å². The lowest BCUT2D eigenvalue weighted by atomic mass is 10.2. The summed E-state index contributed by atoms with van der Waals surface area (Å²) >= 11 is 1.37. The van der Waals surface area contributed by atoms with E-state index in [1.54, 1.807) is 24.4 Å². The Morgan fingerprint density at radius 3 is 2.78 bits per heavy atom. The Bertz CT molecular complexity index is 1360. The molecule has 3 heterocycles. The van der Waals surface area contributed by atoms with Crippen LogP contribution in [0.3, 0.4) is 0 Å². The molecule has 5 rings (SSSR count). The molecule has 0 amide bonds. The van der Waals surface area contributed by atoms with E-state index in [-0.39, 0.29) is 30.6 Å². The van der Waals surface area contributed by atoms with E-state index in [1.807, 2.05) is 29.0 Å². The molecule has 3 N–H and O–H groups in total. The van der Waals surface area contributed by atoms with Crippen molar-refractivity contribution in [2.45, 2.75) is 6.54 Å². The minimum Gasteiger partial charge on any atom is -0.454 e. The molecule has 5 aromatic rings. The Balaban J connectivity index is 0.00000144. The first-order chi connectivity index (χ1) is 14.7. The molecule has 0 radical (unpaired) electrons. The van der Waals surface area contributed by atoms with Gasteiger partial charge in [0.05, 0.1) is 21.8 Å². The Morgan fingerprint density at radius 1 is 1.09 bits per heavy atom. The third-order valence-electron chi connectivity index (χ3n) is 4.69. The minimum atomic E-state index is -0.483. The van der Waals surface area contributed by atoms with E-state index in [2.05, 4.69) is 19.7 Å². The van der Waals surface area contributed by atoms with Crippen LogP contribution in [0.1, 0.15) is 0 Å². The zero-order chi connectivity index (χ0) is 20.5. The summed E-state index contributed by atoms with van der Waals surface area (Å²) in [5.41, 5.74) is 7.85. The SMILES string of the molecule is Cl.Cl.NCCn1ccc2ncnc(Nc3ccc(Oc4cccc5sncc45)c(F)c3)c21. The van der Waals surface area contributed by atoms with Gasteiger partial charge in [0.1, 0.15) is 17.6 Å². The number of nitrogens with one attached hydrogen (secondary N) is 1. The summed E-state index contributed by atoms with van der Waals surface area (Å²) in [5.74, 6) is 0.806. The molecule has 0 aliphatic rings. The van der Waals surface area contributed by atoms with Gasteiger partial charge in [-0.2, -0.15) is 4.37 Å². The standard InChI is InChI=1S/C21H17FN6OS.2ClH/c22-15-10-13(27-21-20-16(24-12-25-21)6-8-28(20)9-7-23)4-5-18(15)29-17-2-1-3-19-14(17)11-26-30-19;;/h1-6,8,10-12H,7,9,23H2,(H,24,25,27);2*1H. The Hall–Kier alpha value is -2.98. The van der Waals surface area contributed by atoms with E-state index in [0.717, 1.165) is 21.1 Å². The quantitative estimate of drug-likeness (QED) is 0.324. The van der Waals surface area contributed by atoms with Crippen LogP contribution in [0.25, 0.3) is 21.1 Å². The summed E-state index contributed by atoms with van der Waals surface area (Å²) < 4.78 is 27.7. The first-order valence-corrected chi connectivity index (χ1v) is 10.1. The number of benzene rings is 2. The molecular formula is C21H19Cl2FN6OS. The zero-order valence-corrected chi connectivity index (χ0v) is 19.0. The normalized spacial score (nSPS) is 10.6. The highest BCUT2D eigenvalue weighted by atomic mass is 35.5. The lowest BCUT2D eigenvalue weighted by Crippen LogP contribution is -2.10. The summed E-state index contributed by atoms with van der Waals surface area (Å²) in [4.78, 5) is 8.60. The number of nitrogens with two attached hydrogens (primary N) is 1. The van der Waals surface area contributed by atoms with Crippen LogP contribution < -0.4 is 15.8 Å². The number of hydrogen-bond donors (Lipinski definition) is 2. The highest BCUT2D eigenvalue weighted by Crippen LogP contribution is 2.34. The molecule has 0 unspecified atom stereocenters. The summed E-state index contributed by atoms with van der Waals surface area (Å²) in [6.07, 6.45) is 5.11. The van der Waals surface area contributed by atoms with E-state index in [1.165, 1.54) is 23.9 Å². The third-order valence-corrected chi connectivity index (χ3v) is 5.46. The minimum absolute atomic E-state index is 0. The summed E-state index contributed by atoms with van der Waals surface area (Å²) in [7, 11) is 0. The molecule has 0 fully saturated rings. The smallest absolute Gasteiger partial charge is 0.167 e. The van der Waals surface area contributed by atoms with Crippen LogP contribution in [0, 0.1) is 5.82 Å². The van der Waals surface area contributed by atoms with Gasteiger partial charge in [-0.25, -0.2) is 14.4 Å². The zero-order valence-electron chi connectivity index (χ0n) is 16.6. The average molecular weight is 493 g/mol. The van der Waals surface area contributed by atoms with Crippen LogP contribution in [0.4, 0.5) is 15.9 Å². The molecule has 0 bridgehead atoms. The molecule has 0 atom stereocenters. The second kappa shape index (κ2) is 10.1. The predicted octanol–water partition coefficient (Wildman–Crippen LogP) is 5.52. The fourth-order valence-corrected chi connectivity index (χ4v) is 3.98. The Labute approximate surface area is 199 Å². The molecule has 0 aliphatic carbocycles. The highest BCUT2D eigenvalue weighted by molar-refractivity contribution is 7.13. The van der Waals surface area contributed by atoms with Gasteiger partial charge in [0.15, 0.2) is 17.4 Å². The Morgan fingerprint density at radius 2 is 1.97 bits per heavy atom. The van der Waals surface area contributed by atoms with E-state index in [9.17, 15) is 4.39 Å². The molecule has 0 saturated heterocycles. The van der Waals surface area contributed by atoms with Gasteiger partial charge in [-0.05, 0) is 41.9 Å². The number of halogens is 3. The van der Waals surface area contributed by atoms with Crippen LogP contribution in [0.2, 0.25) is 0 Å². The fraction of sp³-hybridized carbons (Fsp3) is 0.0952. The van der Waals surface area contributed by atoms with Gasteiger partial charge < -0.3 is 20.4 Å².